The molecule has 24 heavy (non-hydrogen) atoms. The maximum atomic E-state index is 11.9. The largest absolute Gasteiger partial charge is 0.451 e. The smallest absolute Gasteiger partial charge is 0.326 e. The van der Waals surface area contributed by atoms with E-state index in [-0.39, 0.29) is 10.6 Å². The zero-order valence-corrected chi connectivity index (χ0v) is 14.0. The first-order valence-electron chi connectivity index (χ1n) is 6.76. The molecule has 0 saturated heterocycles. The first-order chi connectivity index (χ1) is 11.1. The third kappa shape index (κ3) is 5.20. The maximum absolute atomic E-state index is 11.9. The molecule has 1 rings (SSSR count). The number of likely N-dealkylation sites (N-methyl/N-ethyl adjacent to an activating group) is 1. The number of nitrogens with one attached hydrogen (secondary N) is 1. The van der Waals surface area contributed by atoms with Crippen LogP contribution in [0.4, 0.5) is 5.69 Å². The molecule has 130 valence electrons. The Morgan fingerprint density at radius 2 is 2.00 bits per heavy atom. The molecule has 0 spiro atoms. The number of ether oxygens (including phenoxy) is 1. The molecule has 0 fully saturated rings. The molecule has 0 heterocycles. The van der Waals surface area contributed by atoms with Crippen molar-refractivity contribution in [2.75, 3.05) is 20.6 Å². The van der Waals surface area contributed by atoms with Gasteiger partial charge < -0.3 is 15.0 Å². The Bertz CT molecular complexity index is 676. The van der Waals surface area contributed by atoms with E-state index in [0.29, 0.717) is 0 Å². The fourth-order valence-corrected chi connectivity index (χ4v) is 1.89. The van der Waals surface area contributed by atoms with E-state index in [9.17, 15) is 24.5 Å². The molecule has 1 N–H and O–H groups in total. The van der Waals surface area contributed by atoms with Gasteiger partial charge in [0.05, 0.1) is 4.92 Å². The van der Waals surface area contributed by atoms with Crippen molar-refractivity contribution in [1.29, 1.82) is 0 Å². The second-order valence-electron chi connectivity index (χ2n) is 4.97. The van der Waals surface area contributed by atoms with Crippen LogP contribution in [0.3, 0.4) is 0 Å². The fraction of sp³-hybridized carbons (Fsp3) is 0.357. The lowest BCUT2D eigenvalue weighted by Crippen LogP contribution is -2.38. The van der Waals surface area contributed by atoms with Gasteiger partial charge in [0.15, 0.2) is 6.10 Å². The normalized spacial score (nSPS) is 11.3. The van der Waals surface area contributed by atoms with Crippen molar-refractivity contribution in [3.63, 3.8) is 0 Å². The molecule has 1 atom stereocenters. The van der Waals surface area contributed by atoms with Crippen LogP contribution in [-0.4, -0.2) is 54.4 Å². The Balaban J connectivity index is 2.63. The molecule has 0 saturated carbocycles. The van der Waals surface area contributed by atoms with Crippen molar-refractivity contribution in [3.8, 4) is 0 Å². The summed E-state index contributed by atoms with van der Waals surface area (Å²) in [6.45, 7) is 0.922. The van der Waals surface area contributed by atoms with Crippen molar-refractivity contribution >= 4 is 35.1 Å². The summed E-state index contributed by atoms with van der Waals surface area (Å²) in [4.78, 5) is 46.4. The Kier molecular flexibility index (Phi) is 6.66. The van der Waals surface area contributed by atoms with Gasteiger partial charge in [0.2, 0.25) is 0 Å². The van der Waals surface area contributed by atoms with Gasteiger partial charge in [0, 0.05) is 25.7 Å². The number of nitrogens with zero attached hydrogens (tertiary/aromatic N) is 2. The number of nitro benzene ring substituents is 1. The summed E-state index contributed by atoms with van der Waals surface area (Å²) in [6.07, 6.45) is -0.985. The highest BCUT2D eigenvalue weighted by molar-refractivity contribution is 6.32. The lowest BCUT2D eigenvalue weighted by molar-refractivity contribution is -0.384. The van der Waals surface area contributed by atoms with Crippen molar-refractivity contribution in [2.24, 2.45) is 0 Å². The van der Waals surface area contributed by atoms with E-state index >= 15 is 0 Å². The topological polar surface area (TPSA) is 119 Å². The monoisotopic (exact) mass is 357 g/mol. The average Bonchev–Trinajstić information content (AvgIpc) is 2.51. The van der Waals surface area contributed by atoms with Crippen LogP contribution in [0.2, 0.25) is 5.02 Å². The molecule has 0 aliphatic heterocycles. The molecule has 1 aromatic rings. The number of benzene rings is 1. The Hall–Kier alpha value is -2.68. The van der Waals surface area contributed by atoms with Gasteiger partial charge in [0.25, 0.3) is 17.5 Å². The number of amides is 2. The van der Waals surface area contributed by atoms with Crippen molar-refractivity contribution < 1.29 is 24.0 Å². The molecule has 2 amide bonds. The van der Waals surface area contributed by atoms with Gasteiger partial charge in [-0.05, 0) is 19.1 Å². The third-order valence-corrected chi connectivity index (χ3v) is 3.21. The zero-order valence-electron chi connectivity index (χ0n) is 13.2. The van der Waals surface area contributed by atoms with Gasteiger partial charge in [-0.25, -0.2) is 0 Å². The van der Waals surface area contributed by atoms with E-state index in [2.05, 4.69) is 5.32 Å². The maximum Gasteiger partial charge on any atom is 0.326 e. The Morgan fingerprint density at radius 3 is 2.54 bits per heavy atom. The molecule has 0 radical (unpaired) electrons. The van der Waals surface area contributed by atoms with Crippen molar-refractivity contribution in [3.05, 3.63) is 38.9 Å². The van der Waals surface area contributed by atoms with Crippen LogP contribution in [-0.2, 0) is 14.3 Å². The van der Waals surface area contributed by atoms with E-state index in [1.165, 1.54) is 38.1 Å². The van der Waals surface area contributed by atoms with Gasteiger partial charge in [0.1, 0.15) is 11.6 Å². The number of halogens is 1. The molecule has 0 bridgehead atoms. The summed E-state index contributed by atoms with van der Waals surface area (Å²) in [5.74, 6) is -1.92. The van der Waals surface area contributed by atoms with Crippen LogP contribution < -0.4 is 5.32 Å². The van der Waals surface area contributed by atoms with Crippen LogP contribution in [0.25, 0.3) is 0 Å². The number of rotatable bonds is 6. The highest BCUT2D eigenvalue weighted by Crippen LogP contribution is 2.24. The minimum Gasteiger partial charge on any atom is -0.451 e. The number of carbonyl (C=O) groups is 3. The van der Waals surface area contributed by atoms with Gasteiger partial charge in [-0.1, -0.05) is 11.6 Å². The van der Waals surface area contributed by atoms with Crippen molar-refractivity contribution in [2.45, 2.75) is 13.0 Å². The number of hydrogen-bond donors (Lipinski definition) is 1. The number of carbonyl (C=O) groups excluding carboxylic acids is 3. The SMILES string of the molecule is C[C@@H](OC(=O)CNC(=O)c1ccc(Cl)c([N+](=O)[O-])c1)C(=O)N(C)C. The summed E-state index contributed by atoms with van der Waals surface area (Å²) in [7, 11) is 3.03. The minimum atomic E-state index is -0.985. The lowest BCUT2D eigenvalue weighted by Gasteiger charge is -2.17. The van der Waals surface area contributed by atoms with E-state index in [1.807, 2.05) is 0 Å². The molecular formula is C14H16ClN3O6. The van der Waals surface area contributed by atoms with Crippen LogP contribution in [0.5, 0.6) is 0 Å². The summed E-state index contributed by atoms with van der Waals surface area (Å²) >= 11 is 5.65. The second kappa shape index (κ2) is 8.25. The van der Waals surface area contributed by atoms with Crippen LogP contribution in [0.15, 0.2) is 18.2 Å². The van der Waals surface area contributed by atoms with Crippen molar-refractivity contribution in [1.82, 2.24) is 10.2 Å². The van der Waals surface area contributed by atoms with Gasteiger partial charge in [-0.15, -0.1) is 0 Å². The Morgan fingerprint density at radius 1 is 1.38 bits per heavy atom. The first kappa shape index (κ1) is 19.4. The molecule has 0 unspecified atom stereocenters. The second-order valence-corrected chi connectivity index (χ2v) is 5.38. The lowest BCUT2D eigenvalue weighted by atomic mass is 10.2. The standard InChI is InChI=1S/C14H16ClN3O6/c1-8(14(21)17(2)3)24-12(19)7-16-13(20)9-4-5-10(15)11(6-9)18(22)23/h4-6,8H,7H2,1-3H3,(H,16,20)/t8-/m1/s1. The van der Waals surface area contributed by atoms with Crippen LogP contribution in [0, 0.1) is 10.1 Å². The van der Waals surface area contributed by atoms with E-state index in [0.717, 1.165) is 6.07 Å². The molecule has 10 heteroatoms. The van der Waals surface area contributed by atoms with Gasteiger partial charge in [-0.2, -0.15) is 0 Å². The third-order valence-electron chi connectivity index (χ3n) is 2.90. The average molecular weight is 358 g/mol. The summed E-state index contributed by atoms with van der Waals surface area (Å²) in [6, 6.07) is 3.50. The molecule has 1 aromatic carbocycles. The summed E-state index contributed by atoms with van der Waals surface area (Å²) in [5.41, 5.74) is -0.451. The highest BCUT2D eigenvalue weighted by Gasteiger charge is 2.20. The van der Waals surface area contributed by atoms with E-state index in [4.69, 9.17) is 16.3 Å². The number of esters is 1. The number of hydrogen-bond acceptors (Lipinski definition) is 6. The Labute approximate surface area is 142 Å². The minimum absolute atomic E-state index is 0.0312. The molecule has 0 aliphatic rings. The van der Waals surface area contributed by atoms with Gasteiger partial charge >= 0.3 is 5.97 Å². The summed E-state index contributed by atoms with van der Waals surface area (Å²) in [5, 5.41) is 12.9. The van der Waals surface area contributed by atoms with E-state index < -0.39 is 41.0 Å². The molecular weight excluding hydrogens is 342 g/mol. The van der Waals surface area contributed by atoms with Gasteiger partial charge in [-0.3, -0.25) is 24.5 Å². The van der Waals surface area contributed by atoms with Crippen LogP contribution >= 0.6 is 11.6 Å². The molecule has 9 nitrogen and oxygen atoms in total. The highest BCUT2D eigenvalue weighted by atomic mass is 35.5. The zero-order chi connectivity index (χ0) is 18.4. The molecule has 0 aliphatic carbocycles. The van der Waals surface area contributed by atoms with Crippen LogP contribution in [0.1, 0.15) is 17.3 Å². The van der Waals surface area contributed by atoms with E-state index in [1.54, 1.807) is 0 Å². The summed E-state index contributed by atoms with van der Waals surface area (Å²) < 4.78 is 4.87. The number of nitro groups is 1. The molecule has 0 aromatic heterocycles. The fourth-order valence-electron chi connectivity index (χ4n) is 1.70. The quantitative estimate of drug-likeness (QED) is 0.461. The predicted octanol–water partition coefficient (Wildman–Crippen LogP) is 0.998. The predicted molar refractivity (Wildman–Crippen MR) is 84.7 cm³/mol. The first-order valence-corrected chi connectivity index (χ1v) is 7.14.